The summed E-state index contributed by atoms with van der Waals surface area (Å²) in [4.78, 5) is 9.00. The summed E-state index contributed by atoms with van der Waals surface area (Å²) < 4.78 is 0. The molecule has 0 spiro atoms. The second-order valence-corrected chi connectivity index (χ2v) is 9.14. The molecule has 0 radical (unpaired) electrons. The number of hydrogen-bond donors (Lipinski definition) is 1. The maximum absolute atomic E-state index is 9.00. The van der Waals surface area contributed by atoms with Gasteiger partial charge in [0, 0.05) is 12.5 Å². The molecular weight excluding hydrogens is 216 g/mol. The standard InChI is InChI=1S/C11H14Si.C2H4O2/c1-12(2,3)10-9-11-7-5-4-6-8-11;1-2(3)4/h4-8H,1-3H3;1H3,(H,3,4). The number of carboxylic acid groups (broad SMARTS) is 1. The zero-order chi connectivity index (χ0) is 12.6. The predicted octanol–water partition coefficient (Wildman–Crippen LogP) is 3.01. The topological polar surface area (TPSA) is 37.3 Å². The van der Waals surface area contributed by atoms with Gasteiger partial charge < -0.3 is 5.11 Å². The summed E-state index contributed by atoms with van der Waals surface area (Å²) >= 11 is 0. The van der Waals surface area contributed by atoms with Gasteiger partial charge in [0.2, 0.25) is 0 Å². The Morgan fingerprint density at radius 1 is 1.19 bits per heavy atom. The number of hydrogen-bond acceptors (Lipinski definition) is 1. The van der Waals surface area contributed by atoms with Crippen LogP contribution in [0.15, 0.2) is 30.3 Å². The van der Waals surface area contributed by atoms with Crippen molar-refractivity contribution in [3.8, 4) is 11.5 Å². The van der Waals surface area contributed by atoms with Gasteiger partial charge in [-0.15, -0.1) is 5.54 Å². The van der Waals surface area contributed by atoms with Crippen molar-refractivity contribution in [2.75, 3.05) is 0 Å². The molecule has 0 heterocycles. The van der Waals surface area contributed by atoms with Gasteiger partial charge in [0.25, 0.3) is 5.97 Å². The van der Waals surface area contributed by atoms with Crippen molar-refractivity contribution in [3.05, 3.63) is 35.9 Å². The first-order chi connectivity index (χ1) is 7.31. The van der Waals surface area contributed by atoms with Crippen LogP contribution < -0.4 is 0 Å². The first-order valence-electron chi connectivity index (χ1n) is 5.09. The van der Waals surface area contributed by atoms with Crippen LogP contribution in [0.3, 0.4) is 0 Å². The van der Waals surface area contributed by atoms with Crippen LogP contribution in [0.4, 0.5) is 0 Å². The Kier molecular flexibility index (Phi) is 6.20. The van der Waals surface area contributed by atoms with E-state index < -0.39 is 14.0 Å². The summed E-state index contributed by atoms with van der Waals surface area (Å²) in [5.41, 5.74) is 4.45. The Labute approximate surface area is 98.3 Å². The van der Waals surface area contributed by atoms with Crippen LogP contribution in [0, 0.1) is 11.5 Å². The SMILES string of the molecule is CC(=O)O.C[Si](C)(C)C#Cc1ccccc1. The lowest BCUT2D eigenvalue weighted by Gasteiger charge is -2.02. The van der Waals surface area contributed by atoms with E-state index in [4.69, 9.17) is 9.90 Å². The molecule has 1 rings (SSSR count). The van der Waals surface area contributed by atoms with Gasteiger partial charge in [0.15, 0.2) is 0 Å². The highest BCUT2D eigenvalue weighted by Gasteiger charge is 2.06. The van der Waals surface area contributed by atoms with Gasteiger partial charge in [0.05, 0.1) is 0 Å². The minimum absolute atomic E-state index is 0.833. The fourth-order valence-corrected chi connectivity index (χ4v) is 1.30. The van der Waals surface area contributed by atoms with Gasteiger partial charge >= 0.3 is 0 Å². The Morgan fingerprint density at radius 3 is 2.00 bits per heavy atom. The molecule has 1 aromatic carbocycles. The van der Waals surface area contributed by atoms with Gasteiger partial charge in [-0.3, -0.25) is 4.79 Å². The number of carboxylic acids is 1. The molecule has 0 aliphatic heterocycles. The van der Waals surface area contributed by atoms with Crippen molar-refractivity contribution in [1.29, 1.82) is 0 Å². The van der Waals surface area contributed by atoms with Crippen molar-refractivity contribution in [3.63, 3.8) is 0 Å². The molecule has 1 aromatic rings. The molecule has 3 heteroatoms. The molecule has 1 N–H and O–H groups in total. The third kappa shape index (κ3) is 10.5. The molecule has 0 bridgehead atoms. The van der Waals surface area contributed by atoms with Crippen LogP contribution in [-0.2, 0) is 4.79 Å². The summed E-state index contributed by atoms with van der Waals surface area (Å²) in [6.07, 6.45) is 0. The number of benzene rings is 1. The molecular formula is C13H18O2Si. The zero-order valence-electron chi connectivity index (χ0n) is 10.2. The first kappa shape index (κ1) is 14.5. The summed E-state index contributed by atoms with van der Waals surface area (Å²) in [5.74, 6) is 2.36. The van der Waals surface area contributed by atoms with Crippen molar-refractivity contribution in [2.45, 2.75) is 26.6 Å². The van der Waals surface area contributed by atoms with Crippen LogP contribution in [0.25, 0.3) is 0 Å². The lowest BCUT2D eigenvalue weighted by molar-refractivity contribution is -0.134. The van der Waals surface area contributed by atoms with Crippen molar-refractivity contribution >= 4 is 14.0 Å². The molecule has 86 valence electrons. The molecule has 0 unspecified atom stereocenters. The van der Waals surface area contributed by atoms with Gasteiger partial charge in [-0.05, 0) is 12.1 Å². The van der Waals surface area contributed by atoms with Crippen LogP contribution >= 0.6 is 0 Å². The molecule has 0 aromatic heterocycles. The van der Waals surface area contributed by atoms with E-state index in [9.17, 15) is 0 Å². The Balaban J connectivity index is 0.000000487. The quantitative estimate of drug-likeness (QED) is 0.553. The summed E-state index contributed by atoms with van der Waals surface area (Å²) in [6, 6.07) is 10.2. The third-order valence-electron chi connectivity index (χ3n) is 1.36. The van der Waals surface area contributed by atoms with E-state index in [1.807, 2.05) is 30.3 Å². The smallest absolute Gasteiger partial charge is 0.300 e. The van der Waals surface area contributed by atoms with Gasteiger partial charge in [-0.1, -0.05) is 43.8 Å². The largest absolute Gasteiger partial charge is 0.481 e. The normalized spacial score (nSPS) is 9.25. The molecule has 0 aliphatic rings. The predicted molar refractivity (Wildman–Crippen MR) is 70.0 cm³/mol. The van der Waals surface area contributed by atoms with Crippen LogP contribution in [0.5, 0.6) is 0 Å². The Morgan fingerprint density at radius 2 is 1.62 bits per heavy atom. The van der Waals surface area contributed by atoms with Crippen LogP contribution in [0.2, 0.25) is 19.6 Å². The highest BCUT2D eigenvalue weighted by molar-refractivity contribution is 6.83. The third-order valence-corrected chi connectivity index (χ3v) is 2.23. The molecule has 0 atom stereocenters. The van der Waals surface area contributed by atoms with Crippen LogP contribution in [0.1, 0.15) is 12.5 Å². The molecule has 16 heavy (non-hydrogen) atoms. The molecule has 0 saturated heterocycles. The fraction of sp³-hybridized carbons (Fsp3) is 0.308. The maximum atomic E-state index is 9.00. The average molecular weight is 234 g/mol. The van der Waals surface area contributed by atoms with E-state index in [-0.39, 0.29) is 0 Å². The van der Waals surface area contributed by atoms with E-state index in [0.29, 0.717) is 0 Å². The van der Waals surface area contributed by atoms with Crippen LogP contribution in [-0.4, -0.2) is 19.1 Å². The number of carbonyl (C=O) groups is 1. The van der Waals surface area contributed by atoms with Gasteiger partial charge in [-0.2, -0.15) is 0 Å². The maximum Gasteiger partial charge on any atom is 0.300 e. The number of rotatable bonds is 0. The van der Waals surface area contributed by atoms with Crippen molar-refractivity contribution < 1.29 is 9.90 Å². The highest BCUT2D eigenvalue weighted by Crippen LogP contribution is 1.99. The van der Waals surface area contributed by atoms with E-state index >= 15 is 0 Å². The minimum atomic E-state index is -1.20. The molecule has 2 nitrogen and oxygen atoms in total. The zero-order valence-corrected chi connectivity index (χ0v) is 11.2. The Hall–Kier alpha value is -1.53. The van der Waals surface area contributed by atoms with E-state index in [2.05, 4.69) is 31.1 Å². The number of aliphatic carboxylic acids is 1. The summed E-state index contributed by atoms with van der Waals surface area (Å²) in [7, 11) is -1.20. The van der Waals surface area contributed by atoms with Gasteiger partial charge in [0.1, 0.15) is 8.07 Å². The summed E-state index contributed by atoms with van der Waals surface area (Å²) in [5, 5.41) is 7.42. The van der Waals surface area contributed by atoms with E-state index in [0.717, 1.165) is 12.5 Å². The monoisotopic (exact) mass is 234 g/mol. The van der Waals surface area contributed by atoms with E-state index in [1.54, 1.807) is 0 Å². The molecule has 0 amide bonds. The minimum Gasteiger partial charge on any atom is -0.481 e. The van der Waals surface area contributed by atoms with Crippen molar-refractivity contribution in [1.82, 2.24) is 0 Å². The second-order valence-electron chi connectivity index (χ2n) is 4.39. The van der Waals surface area contributed by atoms with Crippen molar-refractivity contribution in [2.24, 2.45) is 0 Å². The average Bonchev–Trinajstić information content (AvgIpc) is 2.14. The Bertz CT molecular complexity index is 376. The van der Waals surface area contributed by atoms with Gasteiger partial charge in [-0.25, -0.2) is 0 Å². The van der Waals surface area contributed by atoms with E-state index in [1.165, 1.54) is 0 Å². The molecule has 0 fully saturated rings. The molecule has 0 saturated carbocycles. The second kappa shape index (κ2) is 6.86. The highest BCUT2D eigenvalue weighted by atomic mass is 28.3. The first-order valence-corrected chi connectivity index (χ1v) is 8.59. The molecule has 0 aliphatic carbocycles. The fourth-order valence-electron chi connectivity index (χ4n) is 0.781. The lowest BCUT2D eigenvalue weighted by atomic mass is 10.2. The lowest BCUT2D eigenvalue weighted by Crippen LogP contribution is -2.16. The summed E-state index contributed by atoms with van der Waals surface area (Å²) in [6.45, 7) is 7.84.